The van der Waals surface area contributed by atoms with Crippen LogP contribution in [0.2, 0.25) is 0 Å². The predicted molar refractivity (Wildman–Crippen MR) is 54.7 cm³/mol. The summed E-state index contributed by atoms with van der Waals surface area (Å²) in [4.78, 5) is 4.18. The highest BCUT2D eigenvalue weighted by Crippen LogP contribution is 2.06. The molecule has 0 aliphatic carbocycles. The van der Waals surface area contributed by atoms with Crippen molar-refractivity contribution in [2.24, 2.45) is 0 Å². The Balaban J connectivity index is 2.44. The van der Waals surface area contributed by atoms with Crippen molar-refractivity contribution in [3.63, 3.8) is 0 Å². The zero-order valence-electron chi connectivity index (χ0n) is 8.33. The van der Waals surface area contributed by atoms with Crippen LogP contribution in [0.5, 0.6) is 0 Å². The van der Waals surface area contributed by atoms with E-state index in [0.717, 1.165) is 18.9 Å². The molecule has 3 heteroatoms. The molecule has 3 nitrogen and oxygen atoms in total. The van der Waals surface area contributed by atoms with Gasteiger partial charge in [0.05, 0.1) is 0 Å². The van der Waals surface area contributed by atoms with Crippen molar-refractivity contribution in [1.82, 2.24) is 14.9 Å². The van der Waals surface area contributed by atoms with Crippen LogP contribution in [-0.4, -0.2) is 22.6 Å². The van der Waals surface area contributed by atoms with Gasteiger partial charge in [0.2, 0.25) is 0 Å². The second-order valence-electron chi connectivity index (χ2n) is 3.18. The van der Waals surface area contributed by atoms with Crippen molar-refractivity contribution in [3.05, 3.63) is 30.9 Å². The van der Waals surface area contributed by atoms with Crippen LogP contribution in [0.1, 0.15) is 18.8 Å². The van der Waals surface area contributed by atoms with E-state index in [2.05, 4.69) is 28.4 Å². The van der Waals surface area contributed by atoms with Crippen LogP contribution >= 0.6 is 0 Å². The molecule has 72 valence electrons. The predicted octanol–water partition coefficient (Wildman–Crippen LogP) is 1.53. The molecule has 0 radical (unpaired) electrons. The third kappa shape index (κ3) is 2.70. The maximum atomic E-state index is 4.18. The molecule has 1 N–H and O–H groups in total. The number of nitrogens with one attached hydrogen (secondary N) is 1. The quantitative estimate of drug-likeness (QED) is 0.548. The molecule has 0 spiro atoms. The third-order valence-electron chi connectivity index (χ3n) is 2.07. The lowest BCUT2D eigenvalue weighted by molar-refractivity contribution is 0.498. The standard InChI is InChI=1S/C10H17N3/c1-4-5-11-8-9(2)13-7-6-12-10(13)3/h4,6-7,9,11H,1,5,8H2,2-3H3. The highest BCUT2D eigenvalue weighted by Gasteiger charge is 2.04. The highest BCUT2D eigenvalue weighted by molar-refractivity contribution is 4.91. The van der Waals surface area contributed by atoms with Crippen LogP contribution in [0.4, 0.5) is 0 Å². The minimum atomic E-state index is 0.447. The molecule has 0 aromatic carbocycles. The van der Waals surface area contributed by atoms with Gasteiger partial charge in [-0.1, -0.05) is 6.08 Å². The summed E-state index contributed by atoms with van der Waals surface area (Å²) in [6.45, 7) is 9.65. The number of hydrogen-bond donors (Lipinski definition) is 1. The molecule has 1 heterocycles. The summed E-state index contributed by atoms with van der Waals surface area (Å²) in [5.41, 5.74) is 0. The summed E-state index contributed by atoms with van der Waals surface area (Å²) in [5, 5.41) is 3.28. The van der Waals surface area contributed by atoms with Crippen LogP contribution in [-0.2, 0) is 0 Å². The first-order valence-electron chi connectivity index (χ1n) is 4.56. The van der Waals surface area contributed by atoms with E-state index in [1.807, 2.05) is 25.4 Å². The lowest BCUT2D eigenvalue weighted by Gasteiger charge is -2.14. The molecule has 1 atom stereocenters. The van der Waals surface area contributed by atoms with E-state index in [0.29, 0.717) is 6.04 Å². The maximum Gasteiger partial charge on any atom is 0.105 e. The molecule has 0 amide bonds. The second kappa shape index (κ2) is 4.82. The van der Waals surface area contributed by atoms with Crippen molar-refractivity contribution < 1.29 is 0 Å². The molecule has 1 aromatic rings. The van der Waals surface area contributed by atoms with Crippen molar-refractivity contribution in [2.75, 3.05) is 13.1 Å². The Labute approximate surface area is 79.5 Å². The largest absolute Gasteiger partial charge is 0.331 e. The number of nitrogens with zero attached hydrogens (tertiary/aromatic N) is 2. The highest BCUT2D eigenvalue weighted by atomic mass is 15.1. The van der Waals surface area contributed by atoms with E-state index in [9.17, 15) is 0 Å². The van der Waals surface area contributed by atoms with Gasteiger partial charge in [0.25, 0.3) is 0 Å². The summed E-state index contributed by atoms with van der Waals surface area (Å²) in [7, 11) is 0. The van der Waals surface area contributed by atoms with Gasteiger partial charge in [-0.05, 0) is 13.8 Å². The van der Waals surface area contributed by atoms with Crippen LogP contribution in [0.25, 0.3) is 0 Å². The van der Waals surface area contributed by atoms with Gasteiger partial charge < -0.3 is 9.88 Å². The van der Waals surface area contributed by atoms with Gasteiger partial charge >= 0.3 is 0 Å². The van der Waals surface area contributed by atoms with E-state index in [1.54, 1.807) is 0 Å². The summed E-state index contributed by atoms with van der Waals surface area (Å²) < 4.78 is 2.16. The van der Waals surface area contributed by atoms with Crippen molar-refractivity contribution in [3.8, 4) is 0 Å². The summed E-state index contributed by atoms with van der Waals surface area (Å²) in [6.07, 6.45) is 5.71. The zero-order chi connectivity index (χ0) is 9.68. The topological polar surface area (TPSA) is 29.9 Å². The first-order chi connectivity index (χ1) is 6.25. The van der Waals surface area contributed by atoms with Crippen molar-refractivity contribution >= 4 is 0 Å². The van der Waals surface area contributed by atoms with Gasteiger partial charge in [-0.25, -0.2) is 4.98 Å². The molecule has 0 saturated carbocycles. The first kappa shape index (κ1) is 9.99. The summed E-state index contributed by atoms with van der Waals surface area (Å²) in [6, 6.07) is 0.447. The van der Waals surface area contributed by atoms with Gasteiger partial charge in [0.15, 0.2) is 0 Å². The summed E-state index contributed by atoms with van der Waals surface area (Å²) in [5.74, 6) is 1.06. The molecule has 0 aliphatic heterocycles. The van der Waals surface area contributed by atoms with Gasteiger partial charge in [-0.15, -0.1) is 6.58 Å². The smallest absolute Gasteiger partial charge is 0.105 e. The van der Waals surface area contributed by atoms with Crippen molar-refractivity contribution in [2.45, 2.75) is 19.9 Å². The number of rotatable bonds is 5. The number of aromatic nitrogens is 2. The molecule has 0 saturated heterocycles. The van der Waals surface area contributed by atoms with E-state index in [1.165, 1.54) is 0 Å². The van der Waals surface area contributed by atoms with E-state index in [-0.39, 0.29) is 0 Å². The third-order valence-corrected chi connectivity index (χ3v) is 2.07. The summed E-state index contributed by atoms with van der Waals surface area (Å²) >= 11 is 0. The van der Waals surface area contributed by atoms with Gasteiger partial charge in [-0.2, -0.15) is 0 Å². The molecule has 1 aromatic heterocycles. The van der Waals surface area contributed by atoms with Crippen LogP contribution in [0.3, 0.4) is 0 Å². The van der Waals surface area contributed by atoms with E-state index < -0.39 is 0 Å². The molecular formula is C10H17N3. The first-order valence-corrected chi connectivity index (χ1v) is 4.56. The minimum absolute atomic E-state index is 0.447. The van der Waals surface area contributed by atoms with Crippen LogP contribution in [0, 0.1) is 6.92 Å². The fourth-order valence-corrected chi connectivity index (χ4v) is 1.35. The number of imidazole rings is 1. The fraction of sp³-hybridized carbons (Fsp3) is 0.500. The molecule has 0 aliphatic rings. The Hall–Kier alpha value is -1.09. The molecule has 0 fully saturated rings. The molecular weight excluding hydrogens is 162 g/mol. The molecule has 1 rings (SSSR count). The Bertz CT molecular complexity index is 265. The molecule has 1 unspecified atom stereocenters. The lowest BCUT2D eigenvalue weighted by atomic mass is 10.3. The van der Waals surface area contributed by atoms with E-state index in [4.69, 9.17) is 0 Å². The number of aryl methyl sites for hydroxylation is 1. The van der Waals surface area contributed by atoms with Gasteiger partial charge in [0.1, 0.15) is 5.82 Å². The van der Waals surface area contributed by atoms with Gasteiger partial charge in [-0.3, -0.25) is 0 Å². The Morgan fingerprint density at radius 2 is 2.54 bits per heavy atom. The average molecular weight is 179 g/mol. The number of hydrogen-bond acceptors (Lipinski definition) is 2. The SMILES string of the molecule is C=CCNCC(C)n1ccnc1C. The average Bonchev–Trinajstić information content (AvgIpc) is 2.52. The monoisotopic (exact) mass is 179 g/mol. The molecule has 13 heavy (non-hydrogen) atoms. The maximum absolute atomic E-state index is 4.18. The molecule has 0 bridgehead atoms. The second-order valence-corrected chi connectivity index (χ2v) is 3.18. The lowest BCUT2D eigenvalue weighted by Crippen LogP contribution is -2.23. The Morgan fingerprint density at radius 3 is 3.08 bits per heavy atom. The zero-order valence-corrected chi connectivity index (χ0v) is 8.33. The fourth-order valence-electron chi connectivity index (χ4n) is 1.35. The Morgan fingerprint density at radius 1 is 1.77 bits per heavy atom. The normalized spacial score (nSPS) is 12.8. The van der Waals surface area contributed by atoms with Crippen molar-refractivity contribution in [1.29, 1.82) is 0 Å². The minimum Gasteiger partial charge on any atom is -0.331 e. The Kier molecular flexibility index (Phi) is 3.71. The van der Waals surface area contributed by atoms with Crippen LogP contribution in [0.15, 0.2) is 25.0 Å². The van der Waals surface area contributed by atoms with Crippen LogP contribution < -0.4 is 5.32 Å². The van der Waals surface area contributed by atoms with E-state index >= 15 is 0 Å². The van der Waals surface area contributed by atoms with Gasteiger partial charge in [0, 0.05) is 31.5 Å².